The Morgan fingerprint density at radius 1 is 1.04 bits per heavy atom. The van der Waals surface area contributed by atoms with E-state index in [-0.39, 0.29) is 25.4 Å². The molecule has 0 saturated carbocycles. The maximum Gasteiger partial charge on any atom is 0.412 e. The topological polar surface area (TPSA) is 131 Å². The predicted molar refractivity (Wildman–Crippen MR) is 106 cm³/mol. The molecule has 0 radical (unpaired) electrons. The maximum atomic E-state index is 12.4. The number of aromatic carboxylic acids is 1. The molecule has 0 aliphatic rings. The molecule has 2 rings (SSSR count). The van der Waals surface area contributed by atoms with Crippen LogP contribution < -0.4 is 16.4 Å². The van der Waals surface area contributed by atoms with Gasteiger partial charge in [-0.05, 0) is 51.1 Å². The van der Waals surface area contributed by atoms with Gasteiger partial charge in [0.1, 0.15) is 5.60 Å². The highest BCUT2D eigenvalue weighted by atomic mass is 16.6. The average Bonchev–Trinajstić information content (AvgIpc) is 2.56. The van der Waals surface area contributed by atoms with Crippen molar-refractivity contribution in [2.24, 2.45) is 0 Å². The Morgan fingerprint density at radius 3 is 2.26 bits per heavy atom. The molecule has 0 saturated heterocycles. The summed E-state index contributed by atoms with van der Waals surface area (Å²) in [4.78, 5) is 35.6. The number of nitrogens with two attached hydrogens (primary N) is 1. The average molecular weight is 375 g/mol. The number of nitrogen functional groups attached to an aromatic ring is 1. The third-order valence-electron chi connectivity index (χ3n) is 3.35. The standard InChI is InChI=1S/C19H21N3O5.2H2/c1-19(2,3)27-18(26)22-15-10-11(8-9-14(15)20)21-16(23)12-6-4-5-7-13(12)17(24)25;;/h4-10H,20H2,1-3H3,(H,21,23)(H,22,26)(H,24,25);2*1H. The number of anilines is 3. The Bertz CT molecular complexity index is 898. The number of carbonyl (C=O) groups excluding carboxylic acids is 2. The van der Waals surface area contributed by atoms with Gasteiger partial charge in [0, 0.05) is 8.54 Å². The zero-order valence-corrected chi connectivity index (χ0v) is 15.2. The zero-order chi connectivity index (χ0) is 20.2. The molecule has 0 bridgehead atoms. The first kappa shape index (κ1) is 19.8. The van der Waals surface area contributed by atoms with Gasteiger partial charge in [0.25, 0.3) is 5.91 Å². The molecule has 146 valence electrons. The van der Waals surface area contributed by atoms with E-state index in [2.05, 4.69) is 10.6 Å². The first-order chi connectivity index (χ1) is 12.6. The molecular formula is C19H25N3O5. The fourth-order valence-electron chi connectivity index (χ4n) is 2.22. The van der Waals surface area contributed by atoms with Crippen molar-refractivity contribution >= 4 is 35.0 Å². The smallest absolute Gasteiger partial charge is 0.412 e. The molecule has 0 atom stereocenters. The van der Waals surface area contributed by atoms with Crippen LogP contribution in [0.3, 0.4) is 0 Å². The van der Waals surface area contributed by atoms with E-state index in [1.165, 1.54) is 36.4 Å². The lowest BCUT2D eigenvalue weighted by Gasteiger charge is -2.20. The summed E-state index contributed by atoms with van der Waals surface area (Å²) >= 11 is 0. The van der Waals surface area contributed by atoms with E-state index in [9.17, 15) is 19.5 Å². The van der Waals surface area contributed by atoms with Crippen molar-refractivity contribution in [2.45, 2.75) is 26.4 Å². The second-order valence-corrected chi connectivity index (χ2v) is 6.73. The lowest BCUT2D eigenvalue weighted by atomic mass is 10.1. The van der Waals surface area contributed by atoms with Crippen LogP contribution >= 0.6 is 0 Å². The molecule has 0 fully saturated rings. The summed E-state index contributed by atoms with van der Waals surface area (Å²) in [5.41, 5.74) is 5.95. The molecule has 8 heteroatoms. The van der Waals surface area contributed by atoms with Crippen LogP contribution in [0.25, 0.3) is 0 Å². The molecule has 0 aromatic heterocycles. The molecule has 5 N–H and O–H groups in total. The number of benzene rings is 2. The fourth-order valence-corrected chi connectivity index (χ4v) is 2.22. The van der Waals surface area contributed by atoms with Crippen molar-refractivity contribution in [1.29, 1.82) is 0 Å². The Kier molecular flexibility index (Phi) is 5.69. The Hall–Kier alpha value is -3.55. The van der Waals surface area contributed by atoms with Crippen molar-refractivity contribution in [3.8, 4) is 0 Å². The van der Waals surface area contributed by atoms with E-state index in [1.54, 1.807) is 26.8 Å². The normalized spacial score (nSPS) is 10.8. The molecule has 0 aliphatic carbocycles. The van der Waals surface area contributed by atoms with Crippen molar-refractivity contribution in [3.05, 3.63) is 53.6 Å². The van der Waals surface area contributed by atoms with E-state index >= 15 is 0 Å². The Labute approximate surface area is 159 Å². The highest BCUT2D eigenvalue weighted by molar-refractivity contribution is 6.11. The van der Waals surface area contributed by atoms with Crippen LogP contribution in [0, 0.1) is 0 Å². The molecule has 2 aromatic carbocycles. The summed E-state index contributed by atoms with van der Waals surface area (Å²) in [7, 11) is 0. The van der Waals surface area contributed by atoms with Crippen LogP contribution in [0.4, 0.5) is 21.9 Å². The summed E-state index contributed by atoms with van der Waals surface area (Å²) in [6.45, 7) is 5.19. The lowest BCUT2D eigenvalue weighted by molar-refractivity contribution is 0.0634. The molecule has 8 nitrogen and oxygen atoms in total. The quantitative estimate of drug-likeness (QED) is 0.596. The number of carbonyl (C=O) groups is 3. The van der Waals surface area contributed by atoms with Crippen molar-refractivity contribution < 1.29 is 27.1 Å². The number of amides is 2. The molecule has 0 unspecified atom stereocenters. The third kappa shape index (κ3) is 5.46. The molecule has 27 heavy (non-hydrogen) atoms. The molecule has 0 heterocycles. The van der Waals surface area contributed by atoms with Gasteiger partial charge in [-0.15, -0.1) is 0 Å². The van der Waals surface area contributed by atoms with Crippen molar-refractivity contribution in [1.82, 2.24) is 0 Å². The first-order valence-electron chi connectivity index (χ1n) is 8.10. The van der Waals surface area contributed by atoms with Gasteiger partial charge < -0.3 is 20.9 Å². The lowest BCUT2D eigenvalue weighted by Crippen LogP contribution is -2.27. The number of hydrogen-bond acceptors (Lipinski definition) is 5. The van der Waals surface area contributed by atoms with Gasteiger partial charge in [-0.25, -0.2) is 9.59 Å². The third-order valence-corrected chi connectivity index (χ3v) is 3.35. The summed E-state index contributed by atoms with van der Waals surface area (Å²) in [5.74, 6) is -1.80. The Balaban J connectivity index is 0.00000392. The largest absolute Gasteiger partial charge is 0.478 e. The van der Waals surface area contributed by atoms with E-state index in [4.69, 9.17) is 10.5 Å². The van der Waals surface area contributed by atoms with E-state index in [0.717, 1.165) is 0 Å². The molecule has 0 aliphatic heterocycles. The number of carboxylic acids is 1. The number of ether oxygens (including phenoxy) is 1. The SMILES string of the molecule is CC(C)(C)OC(=O)Nc1cc(NC(=O)c2ccccc2C(=O)O)ccc1N.[HH].[HH]. The van der Waals surface area contributed by atoms with Gasteiger partial charge in [0.2, 0.25) is 0 Å². The van der Waals surface area contributed by atoms with Gasteiger partial charge in [-0.2, -0.15) is 0 Å². The molecule has 2 aromatic rings. The molecule has 0 spiro atoms. The van der Waals surface area contributed by atoms with Gasteiger partial charge in [0.15, 0.2) is 0 Å². The van der Waals surface area contributed by atoms with Crippen molar-refractivity contribution in [2.75, 3.05) is 16.4 Å². The predicted octanol–water partition coefficient (Wildman–Crippen LogP) is 4.06. The zero-order valence-electron chi connectivity index (χ0n) is 15.2. The number of rotatable bonds is 4. The van der Waals surface area contributed by atoms with Crippen LogP contribution in [0.2, 0.25) is 0 Å². The van der Waals surface area contributed by atoms with Gasteiger partial charge >= 0.3 is 12.1 Å². The van der Waals surface area contributed by atoms with Crippen LogP contribution in [0.15, 0.2) is 42.5 Å². The minimum absolute atomic E-state index is 0. The second-order valence-electron chi connectivity index (χ2n) is 6.73. The van der Waals surface area contributed by atoms with E-state index in [0.29, 0.717) is 5.69 Å². The number of hydrogen-bond donors (Lipinski definition) is 4. The van der Waals surface area contributed by atoms with Crippen LogP contribution in [0.5, 0.6) is 0 Å². The highest BCUT2D eigenvalue weighted by Crippen LogP contribution is 2.24. The van der Waals surface area contributed by atoms with Gasteiger partial charge in [-0.1, -0.05) is 12.1 Å². The second kappa shape index (κ2) is 7.77. The van der Waals surface area contributed by atoms with Crippen LogP contribution in [-0.4, -0.2) is 28.7 Å². The van der Waals surface area contributed by atoms with E-state index < -0.39 is 23.6 Å². The highest BCUT2D eigenvalue weighted by Gasteiger charge is 2.18. The van der Waals surface area contributed by atoms with E-state index in [1.807, 2.05) is 0 Å². The number of nitrogens with one attached hydrogen (secondary N) is 2. The first-order valence-corrected chi connectivity index (χ1v) is 8.10. The number of carboxylic acid groups (broad SMARTS) is 1. The van der Waals surface area contributed by atoms with Gasteiger partial charge in [0.05, 0.1) is 22.5 Å². The minimum Gasteiger partial charge on any atom is -0.478 e. The molecular weight excluding hydrogens is 350 g/mol. The molecule has 2 amide bonds. The van der Waals surface area contributed by atoms with Gasteiger partial charge in [-0.3, -0.25) is 10.1 Å². The summed E-state index contributed by atoms with van der Waals surface area (Å²) in [6, 6.07) is 10.4. The fraction of sp³-hybridized carbons (Fsp3) is 0.211. The summed E-state index contributed by atoms with van der Waals surface area (Å²) in [5, 5.41) is 14.3. The summed E-state index contributed by atoms with van der Waals surface area (Å²) in [6.07, 6.45) is -0.686. The monoisotopic (exact) mass is 375 g/mol. The van der Waals surface area contributed by atoms with Crippen LogP contribution in [-0.2, 0) is 4.74 Å². The Morgan fingerprint density at radius 2 is 1.67 bits per heavy atom. The van der Waals surface area contributed by atoms with Crippen molar-refractivity contribution in [3.63, 3.8) is 0 Å². The van der Waals surface area contributed by atoms with Crippen LogP contribution in [0.1, 0.15) is 44.3 Å². The maximum absolute atomic E-state index is 12.4. The summed E-state index contributed by atoms with van der Waals surface area (Å²) < 4.78 is 5.17. The minimum atomic E-state index is -1.20.